The van der Waals surface area contributed by atoms with Crippen LogP contribution in [-0.2, 0) is 20.9 Å². The third-order valence-electron chi connectivity index (χ3n) is 4.01. The summed E-state index contributed by atoms with van der Waals surface area (Å²) in [5, 5.41) is 6.21. The fraction of sp³-hybridized carbons (Fsp3) is 0.588. The molecule has 0 saturated carbocycles. The van der Waals surface area contributed by atoms with Crippen LogP contribution in [0.15, 0.2) is 24.3 Å². The number of carbonyl (C=O) groups is 1. The number of methoxy groups -OCH3 is 1. The highest BCUT2D eigenvalue weighted by Gasteiger charge is 2.39. The second-order valence-corrected chi connectivity index (χ2v) is 5.96. The molecule has 2 N–H and O–H groups in total. The zero-order valence-electron chi connectivity index (χ0n) is 14.1. The van der Waals surface area contributed by atoms with Gasteiger partial charge in [0, 0.05) is 12.8 Å². The first-order valence-electron chi connectivity index (χ1n) is 7.83. The molecule has 0 radical (unpaired) electrons. The standard InChI is InChI=1S/C17H26N2O3.ClH/c1-13(2)22-12-14-4-6-15(7-5-14)19-16(20)17(21-3)8-10-18-11-9-17;/h4-7,13,18H,8-12H2,1-3H3,(H,19,20);1H. The smallest absolute Gasteiger partial charge is 0.256 e. The minimum atomic E-state index is -0.718. The van der Waals surface area contributed by atoms with E-state index < -0.39 is 5.60 Å². The predicted octanol–water partition coefficient (Wildman–Crippen LogP) is 2.74. The van der Waals surface area contributed by atoms with Crippen LogP contribution in [0.3, 0.4) is 0 Å². The zero-order valence-corrected chi connectivity index (χ0v) is 14.9. The molecule has 1 amide bonds. The molecule has 0 aromatic heterocycles. The van der Waals surface area contributed by atoms with Crippen molar-refractivity contribution in [1.29, 1.82) is 0 Å². The largest absolute Gasteiger partial charge is 0.374 e. The lowest BCUT2D eigenvalue weighted by Gasteiger charge is -2.34. The van der Waals surface area contributed by atoms with E-state index in [0.717, 1.165) is 24.3 Å². The van der Waals surface area contributed by atoms with Gasteiger partial charge in [-0.3, -0.25) is 4.79 Å². The third-order valence-corrected chi connectivity index (χ3v) is 4.01. The Bertz CT molecular complexity index is 485. The van der Waals surface area contributed by atoms with Gasteiger partial charge in [-0.15, -0.1) is 12.4 Å². The van der Waals surface area contributed by atoms with Crippen LogP contribution in [0.25, 0.3) is 0 Å². The lowest BCUT2D eigenvalue weighted by atomic mass is 9.91. The number of halogens is 1. The molecule has 1 fully saturated rings. The molecule has 0 aliphatic carbocycles. The van der Waals surface area contributed by atoms with Crippen molar-refractivity contribution in [3.63, 3.8) is 0 Å². The lowest BCUT2D eigenvalue weighted by Crippen LogP contribution is -2.51. The molecule has 130 valence electrons. The van der Waals surface area contributed by atoms with Crippen LogP contribution >= 0.6 is 12.4 Å². The third kappa shape index (κ3) is 5.46. The Morgan fingerprint density at radius 2 is 1.87 bits per heavy atom. The highest BCUT2D eigenvalue weighted by Crippen LogP contribution is 2.24. The molecule has 0 bridgehead atoms. The number of anilines is 1. The summed E-state index contributed by atoms with van der Waals surface area (Å²) >= 11 is 0. The summed E-state index contributed by atoms with van der Waals surface area (Å²) in [7, 11) is 1.61. The topological polar surface area (TPSA) is 59.6 Å². The number of nitrogens with one attached hydrogen (secondary N) is 2. The van der Waals surface area contributed by atoms with Crippen molar-refractivity contribution in [2.75, 3.05) is 25.5 Å². The minimum absolute atomic E-state index is 0. The first-order valence-corrected chi connectivity index (χ1v) is 7.83. The Balaban J connectivity index is 0.00000264. The molecule has 1 heterocycles. The highest BCUT2D eigenvalue weighted by atomic mass is 35.5. The number of hydrogen-bond acceptors (Lipinski definition) is 4. The molecule has 1 saturated heterocycles. The Morgan fingerprint density at radius 3 is 2.39 bits per heavy atom. The van der Waals surface area contributed by atoms with Crippen LogP contribution in [-0.4, -0.2) is 37.8 Å². The van der Waals surface area contributed by atoms with Crippen LogP contribution in [0.4, 0.5) is 5.69 Å². The molecule has 0 unspecified atom stereocenters. The number of rotatable bonds is 6. The average molecular weight is 343 g/mol. The quantitative estimate of drug-likeness (QED) is 0.834. The van der Waals surface area contributed by atoms with Gasteiger partial charge in [0.05, 0.1) is 12.7 Å². The number of piperidine rings is 1. The van der Waals surface area contributed by atoms with Gasteiger partial charge in [-0.25, -0.2) is 0 Å². The van der Waals surface area contributed by atoms with Crippen LogP contribution in [0.2, 0.25) is 0 Å². The van der Waals surface area contributed by atoms with Gasteiger partial charge < -0.3 is 20.1 Å². The summed E-state index contributed by atoms with van der Waals surface area (Å²) in [6, 6.07) is 7.75. The summed E-state index contributed by atoms with van der Waals surface area (Å²) in [6.45, 7) is 6.20. The first kappa shape index (κ1) is 19.9. The number of carbonyl (C=O) groups excluding carboxylic acids is 1. The second kappa shape index (κ2) is 9.23. The van der Waals surface area contributed by atoms with E-state index in [1.54, 1.807) is 7.11 Å². The summed E-state index contributed by atoms with van der Waals surface area (Å²) in [4.78, 5) is 12.5. The molecule has 1 aliphatic heterocycles. The summed E-state index contributed by atoms with van der Waals surface area (Å²) in [6.07, 6.45) is 1.59. The first-order chi connectivity index (χ1) is 10.6. The molecule has 2 rings (SSSR count). The van der Waals surface area contributed by atoms with Crippen LogP contribution in [0.5, 0.6) is 0 Å². The van der Waals surface area contributed by atoms with Crippen molar-refractivity contribution in [3.8, 4) is 0 Å². The Hall–Kier alpha value is -1.14. The van der Waals surface area contributed by atoms with Crippen molar-refractivity contribution in [1.82, 2.24) is 5.32 Å². The van der Waals surface area contributed by atoms with Crippen molar-refractivity contribution < 1.29 is 14.3 Å². The van der Waals surface area contributed by atoms with Crippen molar-refractivity contribution in [3.05, 3.63) is 29.8 Å². The highest BCUT2D eigenvalue weighted by molar-refractivity contribution is 5.97. The monoisotopic (exact) mass is 342 g/mol. The Labute approximate surface area is 144 Å². The van der Waals surface area contributed by atoms with E-state index in [0.29, 0.717) is 19.4 Å². The molecule has 1 aromatic carbocycles. The van der Waals surface area contributed by atoms with Crippen LogP contribution in [0.1, 0.15) is 32.3 Å². The summed E-state index contributed by atoms with van der Waals surface area (Å²) < 4.78 is 11.1. The zero-order chi connectivity index (χ0) is 16.0. The van der Waals surface area contributed by atoms with E-state index >= 15 is 0 Å². The van der Waals surface area contributed by atoms with E-state index in [9.17, 15) is 4.79 Å². The summed E-state index contributed by atoms with van der Waals surface area (Å²) in [5.41, 5.74) is 1.16. The van der Waals surface area contributed by atoms with Gasteiger partial charge in [0.2, 0.25) is 0 Å². The molecular weight excluding hydrogens is 316 g/mol. The SMILES string of the molecule is COC1(C(=O)Nc2ccc(COC(C)C)cc2)CCNCC1.Cl. The number of ether oxygens (including phenoxy) is 2. The normalized spacial score (nSPS) is 16.7. The van der Waals surface area contributed by atoms with Gasteiger partial charge in [-0.2, -0.15) is 0 Å². The summed E-state index contributed by atoms with van der Waals surface area (Å²) in [5.74, 6) is -0.0670. The van der Waals surface area contributed by atoms with Gasteiger partial charge in [0.15, 0.2) is 0 Å². The number of benzene rings is 1. The van der Waals surface area contributed by atoms with E-state index in [4.69, 9.17) is 9.47 Å². The van der Waals surface area contributed by atoms with Gasteiger partial charge in [0.1, 0.15) is 5.60 Å². The minimum Gasteiger partial charge on any atom is -0.374 e. The van der Waals surface area contributed by atoms with Gasteiger partial charge >= 0.3 is 0 Å². The maximum atomic E-state index is 12.5. The van der Waals surface area contributed by atoms with Crippen molar-refractivity contribution >= 4 is 24.0 Å². The lowest BCUT2D eigenvalue weighted by molar-refractivity contribution is -0.140. The predicted molar refractivity (Wildman–Crippen MR) is 94.1 cm³/mol. The molecule has 0 atom stereocenters. The number of hydrogen-bond donors (Lipinski definition) is 2. The van der Waals surface area contributed by atoms with Crippen LogP contribution in [0, 0.1) is 0 Å². The van der Waals surface area contributed by atoms with Gasteiger partial charge in [-0.05, 0) is 57.5 Å². The van der Waals surface area contributed by atoms with E-state index in [2.05, 4.69) is 10.6 Å². The van der Waals surface area contributed by atoms with E-state index in [-0.39, 0.29) is 24.4 Å². The average Bonchev–Trinajstić information content (AvgIpc) is 2.54. The van der Waals surface area contributed by atoms with E-state index in [1.807, 2.05) is 38.1 Å². The fourth-order valence-electron chi connectivity index (χ4n) is 2.55. The maximum Gasteiger partial charge on any atom is 0.256 e. The molecule has 1 aliphatic rings. The van der Waals surface area contributed by atoms with Crippen LogP contribution < -0.4 is 10.6 Å². The molecule has 1 aromatic rings. The van der Waals surface area contributed by atoms with Crippen molar-refractivity contribution in [2.45, 2.75) is 45.0 Å². The number of amides is 1. The molecule has 5 nitrogen and oxygen atoms in total. The molecular formula is C17H27ClN2O3. The van der Waals surface area contributed by atoms with Gasteiger partial charge in [0.25, 0.3) is 5.91 Å². The molecule has 6 heteroatoms. The molecule has 23 heavy (non-hydrogen) atoms. The Morgan fingerprint density at radius 1 is 1.26 bits per heavy atom. The van der Waals surface area contributed by atoms with Crippen molar-refractivity contribution in [2.24, 2.45) is 0 Å². The van der Waals surface area contributed by atoms with Gasteiger partial charge in [-0.1, -0.05) is 12.1 Å². The second-order valence-electron chi connectivity index (χ2n) is 5.96. The molecule has 0 spiro atoms. The Kier molecular flexibility index (Phi) is 7.99. The fourth-order valence-corrected chi connectivity index (χ4v) is 2.55. The van der Waals surface area contributed by atoms with E-state index in [1.165, 1.54) is 0 Å². The maximum absolute atomic E-state index is 12.5.